The first-order valence-corrected chi connectivity index (χ1v) is 11.0. The number of nitrogens with zero attached hydrogens (tertiary/aromatic N) is 3. The van der Waals surface area contributed by atoms with Crippen molar-refractivity contribution in [2.75, 3.05) is 13.7 Å². The van der Waals surface area contributed by atoms with Crippen molar-refractivity contribution in [1.29, 1.82) is 0 Å². The van der Waals surface area contributed by atoms with Crippen LogP contribution in [0.2, 0.25) is 0 Å². The van der Waals surface area contributed by atoms with Gasteiger partial charge >= 0.3 is 6.09 Å². The lowest BCUT2D eigenvalue weighted by Gasteiger charge is -2.32. The number of amides is 1. The van der Waals surface area contributed by atoms with Crippen molar-refractivity contribution < 1.29 is 18.8 Å². The summed E-state index contributed by atoms with van der Waals surface area (Å²) in [7, 11) is 1.79. The SMILES string of the molecule is COC1CCC(n2c([C@@H]3CCOC(=O)N3)nc3cc(-c4c(C)noc4C)ccc32)CC1. The maximum Gasteiger partial charge on any atom is 0.407 e. The van der Waals surface area contributed by atoms with Crippen LogP contribution >= 0.6 is 0 Å². The third kappa shape index (κ3) is 3.59. The van der Waals surface area contributed by atoms with Crippen molar-refractivity contribution in [3.8, 4) is 11.1 Å². The van der Waals surface area contributed by atoms with E-state index in [1.807, 2.05) is 13.8 Å². The van der Waals surface area contributed by atoms with Gasteiger partial charge in [-0.3, -0.25) is 0 Å². The number of rotatable bonds is 4. The fourth-order valence-corrected chi connectivity index (χ4v) is 5.06. The second kappa shape index (κ2) is 8.00. The second-order valence-corrected chi connectivity index (χ2v) is 8.53. The minimum absolute atomic E-state index is 0.156. The van der Waals surface area contributed by atoms with Crippen molar-refractivity contribution in [2.45, 2.75) is 64.1 Å². The van der Waals surface area contributed by atoms with Crippen LogP contribution in [0, 0.1) is 13.8 Å². The summed E-state index contributed by atoms with van der Waals surface area (Å²) in [5.74, 6) is 1.70. The Morgan fingerprint density at radius 3 is 2.65 bits per heavy atom. The minimum Gasteiger partial charge on any atom is -0.449 e. The molecule has 2 fully saturated rings. The molecule has 0 radical (unpaired) electrons. The van der Waals surface area contributed by atoms with Crippen LogP contribution in [0.5, 0.6) is 0 Å². The highest BCUT2D eigenvalue weighted by Crippen LogP contribution is 2.37. The number of nitrogens with one attached hydrogen (secondary N) is 1. The average molecular weight is 425 g/mol. The maximum absolute atomic E-state index is 11.9. The van der Waals surface area contributed by atoms with Gasteiger partial charge in [0.05, 0.1) is 35.5 Å². The lowest BCUT2D eigenvalue weighted by atomic mass is 9.92. The predicted molar refractivity (Wildman–Crippen MR) is 115 cm³/mol. The molecule has 3 heterocycles. The number of carbonyl (C=O) groups excluding carboxylic acids is 1. The van der Waals surface area contributed by atoms with Crippen molar-refractivity contribution in [1.82, 2.24) is 20.0 Å². The number of hydrogen-bond acceptors (Lipinski definition) is 6. The van der Waals surface area contributed by atoms with E-state index in [9.17, 15) is 4.79 Å². The van der Waals surface area contributed by atoms with Gasteiger partial charge in [-0.15, -0.1) is 0 Å². The Bertz CT molecular complexity index is 1090. The first kappa shape index (κ1) is 20.1. The number of ether oxygens (including phenoxy) is 2. The van der Waals surface area contributed by atoms with E-state index in [4.69, 9.17) is 19.0 Å². The summed E-state index contributed by atoms with van der Waals surface area (Å²) < 4.78 is 18.4. The number of cyclic esters (lactones) is 1. The van der Waals surface area contributed by atoms with Gasteiger partial charge in [0.15, 0.2) is 0 Å². The summed E-state index contributed by atoms with van der Waals surface area (Å²) in [6.45, 7) is 4.28. The van der Waals surface area contributed by atoms with E-state index in [1.165, 1.54) is 0 Å². The Labute approximate surface area is 180 Å². The van der Waals surface area contributed by atoms with Crippen molar-refractivity contribution >= 4 is 17.1 Å². The van der Waals surface area contributed by atoms with Crippen LogP contribution in [0.4, 0.5) is 4.79 Å². The molecule has 1 aromatic carbocycles. The van der Waals surface area contributed by atoms with Gasteiger partial charge in [-0.05, 0) is 57.2 Å². The molecule has 3 aromatic rings. The standard InChI is InChI=1S/C23H28N4O4/c1-13-21(14(2)31-26-13)15-4-9-20-19(12-15)24-22(18-10-11-30-23(28)25-18)27(20)16-5-7-17(29-3)8-6-16/h4,9,12,16-18H,5-8,10-11H2,1-3H3,(H,25,28)/t16?,17?,18-/m0/s1. The monoisotopic (exact) mass is 424 g/mol. The van der Waals surface area contributed by atoms with Crippen molar-refractivity contribution in [3.63, 3.8) is 0 Å². The molecule has 2 aliphatic rings. The zero-order chi connectivity index (χ0) is 21.5. The topological polar surface area (TPSA) is 91.4 Å². The first-order valence-electron chi connectivity index (χ1n) is 11.0. The van der Waals surface area contributed by atoms with Gasteiger partial charge in [0.25, 0.3) is 0 Å². The number of carbonyl (C=O) groups is 1. The van der Waals surface area contributed by atoms with Crippen LogP contribution in [0.15, 0.2) is 22.7 Å². The molecule has 0 unspecified atom stereocenters. The average Bonchev–Trinajstić information content (AvgIpc) is 3.33. The fourth-order valence-electron chi connectivity index (χ4n) is 5.06. The van der Waals surface area contributed by atoms with Crippen LogP contribution in [0.1, 0.15) is 61.5 Å². The van der Waals surface area contributed by atoms with E-state index in [1.54, 1.807) is 7.11 Å². The quantitative estimate of drug-likeness (QED) is 0.658. The predicted octanol–water partition coefficient (Wildman–Crippen LogP) is 4.61. The smallest absolute Gasteiger partial charge is 0.407 e. The largest absolute Gasteiger partial charge is 0.449 e. The van der Waals surface area contributed by atoms with Crippen LogP contribution in [0.3, 0.4) is 0 Å². The van der Waals surface area contributed by atoms with Gasteiger partial charge in [0.2, 0.25) is 0 Å². The zero-order valence-corrected chi connectivity index (χ0v) is 18.2. The van der Waals surface area contributed by atoms with E-state index in [-0.39, 0.29) is 12.1 Å². The number of benzene rings is 1. The van der Waals surface area contributed by atoms with Crippen LogP contribution in [-0.2, 0) is 9.47 Å². The summed E-state index contributed by atoms with van der Waals surface area (Å²) in [4.78, 5) is 16.9. The Hall–Kier alpha value is -2.87. The van der Waals surface area contributed by atoms with E-state index in [0.717, 1.165) is 65.1 Å². The minimum atomic E-state index is -0.380. The molecule has 0 bridgehead atoms. The second-order valence-electron chi connectivity index (χ2n) is 8.53. The number of methoxy groups -OCH3 is 1. The van der Waals surface area contributed by atoms with E-state index in [2.05, 4.69) is 33.2 Å². The molecule has 2 aromatic heterocycles. The van der Waals surface area contributed by atoms with E-state index in [0.29, 0.717) is 25.2 Å². The Morgan fingerprint density at radius 1 is 1.16 bits per heavy atom. The van der Waals surface area contributed by atoms with Gasteiger partial charge in [0, 0.05) is 25.1 Å². The Morgan fingerprint density at radius 2 is 1.97 bits per heavy atom. The van der Waals surface area contributed by atoms with E-state index >= 15 is 0 Å². The van der Waals surface area contributed by atoms with Gasteiger partial charge in [-0.25, -0.2) is 9.78 Å². The highest BCUT2D eigenvalue weighted by atomic mass is 16.6. The summed E-state index contributed by atoms with van der Waals surface area (Å²) in [6, 6.07) is 6.52. The highest BCUT2D eigenvalue weighted by Gasteiger charge is 2.31. The normalized spacial score (nSPS) is 24.2. The van der Waals surface area contributed by atoms with Gasteiger partial charge < -0.3 is 23.9 Å². The molecule has 1 saturated heterocycles. The molecular weight excluding hydrogens is 396 g/mol. The van der Waals surface area contributed by atoms with Gasteiger partial charge in [0.1, 0.15) is 11.6 Å². The lowest BCUT2D eigenvalue weighted by Crippen LogP contribution is -2.37. The molecule has 0 spiro atoms. The molecule has 8 heteroatoms. The lowest BCUT2D eigenvalue weighted by molar-refractivity contribution is 0.0580. The van der Waals surface area contributed by atoms with E-state index < -0.39 is 0 Å². The molecular formula is C23H28N4O4. The van der Waals surface area contributed by atoms with Gasteiger partial charge in [-0.1, -0.05) is 11.2 Å². The molecule has 1 atom stereocenters. The number of imidazole rings is 1. The van der Waals surface area contributed by atoms with Crippen molar-refractivity contribution in [3.05, 3.63) is 35.5 Å². The van der Waals surface area contributed by atoms with Crippen LogP contribution < -0.4 is 5.32 Å². The Kier molecular flexibility index (Phi) is 5.17. The summed E-state index contributed by atoms with van der Waals surface area (Å²) in [5, 5.41) is 7.05. The number of aryl methyl sites for hydroxylation is 2. The number of aromatic nitrogens is 3. The molecule has 5 rings (SSSR count). The molecule has 164 valence electrons. The summed E-state index contributed by atoms with van der Waals surface area (Å²) >= 11 is 0. The molecule has 31 heavy (non-hydrogen) atoms. The fraction of sp³-hybridized carbons (Fsp3) is 0.522. The number of hydrogen-bond donors (Lipinski definition) is 1. The number of fused-ring (bicyclic) bond motifs is 1. The third-order valence-corrected chi connectivity index (χ3v) is 6.62. The molecule has 1 saturated carbocycles. The Balaban J connectivity index is 1.60. The van der Waals surface area contributed by atoms with Crippen molar-refractivity contribution in [2.24, 2.45) is 0 Å². The molecule has 1 N–H and O–H groups in total. The molecule has 1 amide bonds. The summed E-state index contributed by atoms with van der Waals surface area (Å²) in [5.41, 5.74) is 4.93. The van der Waals surface area contributed by atoms with Crippen LogP contribution in [-0.4, -0.2) is 40.6 Å². The van der Waals surface area contributed by atoms with Gasteiger partial charge in [-0.2, -0.15) is 0 Å². The number of alkyl carbamates (subject to hydrolysis) is 1. The molecule has 1 aliphatic heterocycles. The highest BCUT2D eigenvalue weighted by molar-refractivity contribution is 5.84. The first-order chi connectivity index (χ1) is 15.0. The zero-order valence-electron chi connectivity index (χ0n) is 18.2. The third-order valence-electron chi connectivity index (χ3n) is 6.62. The van der Waals surface area contributed by atoms with Crippen LogP contribution in [0.25, 0.3) is 22.2 Å². The summed E-state index contributed by atoms with van der Waals surface area (Å²) in [6.07, 6.45) is 4.76. The molecule has 1 aliphatic carbocycles. The molecule has 8 nitrogen and oxygen atoms in total. The maximum atomic E-state index is 11.9.